The van der Waals surface area contributed by atoms with Crippen molar-refractivity contribution < 1.29 is 52.2 Å². The van der Waals surface area contributed by atoms with Gasteiger partial charge in [-0.15, -0.1) is 0 Å². The van der Waals surface area contributed by atoms with Gasteiger partial charge in [0.15, 0.2) is 6.10 Å². The molecule has 0 heterocycles. The van der Waals surface area contributed by atoms with Crippen molar-refractivity contribution in [2.24, 2.45) is 0 Å². The summed E-state index contributed by atoms with van der Waals surface area (Å²) in [6, 6.07) is 0. The standard InChI is InChI=1S/C70H121O11P/c1-4-7-10-13-16-19-22-25-28-31-33-36-39-42-45-48-51-54-57-60-69(73)80-66(62-71)64-78-82(75,76)79-65-67(63-77-68(72)59-56-53-50-47-44-41-38-35-30-27-24-21-18-15-12-9-6-3)81-70(74)61-58-55-52-49-46-43-40-37-34-32-29-26-23-20-17-14-11-8-5-2/h8,11,17,20,25-30,34,37,43,46,52,55,66-67,71H,4-7,9-10,12-16,18-19,21-24,31-33,35-36,38-42,44-45,47-51,53-54,56-65H2,1-3H3,(H,75,76)/b11-8-,20-17-,28-25-,29-26-,30-27-,37-34-,46-43-,55-52-. The molecule has 11 nitrogen and oxygen atoms in total. The number of unbranched alkanes of at least 4 members (excludes halogenated alkanes) is 28. The molecule has 0 saturated carbocycles. The molecule has 0 aromatic heterocycles. The third kappa shape index (κ3) is 61.0. The summed E-state index contributed by atoms with van der Waals surface area (Å²) in [5.74, 6) is -1.57. The van der Waals surface area contributed by atoms with Crippen molar-refractivity contribution in [3.63, 3.8) is 0 Å². The van der Waals surface area contributed by atoms with Gasteiger partial charge in [-0.3, -0.25) is 23.4 Å². The second-order valence-electron chi connectivity index (χ2n) is 21.9. The van der Waals surface area contributed by atoms with E-state index in [1.807, 2.05) is 12.2 Å². The average molecular weight is 1170 g/mol. The van der Waals surface area contributed by atoms with Crippen LogP contribution in [0.3, 0.4) is 0 Å². The zero-order valence-electron chi connectivity index (χ0n) is 52.4. The fraction of sp³-hybridized carbons (Fsp3) is 0.729. The molecule has 0 aliphatic heterocycles. The van der Waals surface area contributed by atoms with Crippen LogP contribution in [-0.2, 0) is 42.2 Å². The molecule has 12 heteroatoms. The fourth-order valence-electron chi connectivity index (χ4n) is 8.96. The minimum absolute atomic E-state index is 0.0389. The number of rotatable bonds is 61. The van der Waals surface area contributed by atoms with Gasteiger partial charge in [-0.1, -0.05) is 259 Å². The summed E-state index contributed by atoms with van der Waals surface area (Å²) in [6.07, 6.45) is 76.6. The number of carbonyl (C=O) groups is 3. The predicted molar refractivity (Wildman–Crippen MR) is 344 cm³/mol. The van der Waals surface area contributed by atoms with E-state index in [1.54, 1.807) is 0 Å². The van der Waals surface area contributed by atoms with Crippen LogP contribution in [0.2, 0.25) is 0 Å². The Morgan fingerprint density at radius 3 is 1.05 bits per heavy atom. The molecule has 3 unspecified atom stereocenters. The third-order valence-electron chi connectivity index (χ3n) is 14.0. The van der Waals surface area contributed by atoms with Crippen molar-refractivity contribution in [1.29, 1.82) is 0 Å². The van der Waals surface area contributed by atoms with Gasteiger partial charge in [-0.2, -0.15) is 0 Å². The third-order valence-corrected chi connectivity index (χ3v) is 14.9. The summed E-state index contributed by atoms with van der Waals surface area (Å²) >= 11 is 0. The van der Waals surface area contributed by atoms with E-state index in [9.17, 15) is 28.9 Å². The SMILES string of the molecule is CC/C=C\C/C=C\C/C=C\C/C=C\C/C=C\C/C=C\CCC(=O)OC(COC(=O)CCCCCCCCC/C=C\CCCCCCCC)COP(=O)(O)OCC(CO)OC(=O)CCCCCCCCCCC/C=C\CCCCCCCC. The maximum absolute atomic E-state index is 13.0. The van der Waals surface area contributed by atoms with Crippen LogP contribution < -0.4 is 0 Å². The lowest BCUT2D eigenvalue weighted by Crippen LogP contribution is -2.30. The average Bonchev–Trinajstić information content (AvgIpc) is 3.50. The van der Waals surface area contributed by atoms with Crippen molar-refractivity contribution in [2.75, 3.05) is 26.4 Å². The number of aliphatic hydroxyl groups is 1. The lowest BCUT2D eigenvalue weighted by atomic mass is 10.1. The largest absolute Gasteiger partial charge is 0.472 e. The number of allylic oxidation sites excluding steroid dienone is 16. The monoisotopic (exact) mass is 1170 g/mol. The first-order valence-corrected chi connectivity index (χ1v) is 34.6. The second-order valence-corrected chi connectivity index (χ2v) is 23.3. The Morgan fingerprint density at radius 2 is 0.659 bits per heavy atom. The maximum atomic E-state index is 13.0. The molecule has 0 aliphatic carbocycles. The van der Waals surface area contributed by atoms with E-state index in [1.165, 1.54) is 148 Å². The summed E-state index contributed by atoms with van der Waals surface area (Å²) in [4.78, 5) is 48.8. The van der Waals surface area contributed by atoms with Gasteiger partial charge >= 0.3 is 25.7 Å². The van der Waals surface area contributed by atoms with Crippen LogP contribution >= 0.6 is 7.82 Å². The molecule has 82 heavy (non-hydrogen) atoms. The van der Waals surface area contributed by atoms with E-state index < -0.39 is 57.8 Å². The molecule has 2 N–H and O–H groups in total. The van der Waals surface area contributed by atoms with Crippen LogP contribution in [0, 0.1) is 0 Å². The molecule has 0 aliphatic rings. The quantitative estimate of drug-likeness (QED) is 0.0197. The zero-order valence-corrected chi connectivity index (χ0v) is 53.3. The molecule has 0 radical (unpaired) electrons. The number of aliphatic hydroxyl groups excluding tert-OH is 1. The molecule has 0 amide bonds. The van der Waals surface area contributed by atoms with Gasteiger partial charge in [0.1, 0.15) is 12.7 Å². The van der Waals surface area contributed by atoms with Crippen LogP contribution in [-0.4, -0.2) is 66.5 Å². The van der Waals surface area contributed by atoms with Crippen LogP contribution in [0.5, 0.6) is 0 Å². The van der Waals surface area contributed by atoms with E-state index in [4.69, 9.17) is 23.3 Å². The van der Waals surface area contributed by atoms with Crippen molar-refractivity contribution >= 4 is 25.7 Å². The minimum atomic E-state index is -4.78. The smallest absolute Gasteiger partial charge is 0.462 e. The van der Waals surface area contributed by atoms with E-state index in [0.29, 0.717) is 25.7 Å². The zero-order chi connectivity index (χ0) is 59.8. The molecule has 0 aromatic rings. The fourth-order valence-corrected chi connectivity index (χ4v) is 9.75. The minimum Gasteiger partial charge on any atom is -0.462 e. The highest BCUT2D eigenvalue weighted by Crippen LogP contribution is 2.43. The molecule has 472 valence electrons. The van der Waals surface area contributed by atoms with Gasteiger partial charge in [0.2, 0.25) is 0 Å². The maximum Gasteiger partial charge on any atom is 0.472 e. The van der Waals surface area contributed by atoms with E-state index in [0.717, 1.165) is 77.0 Å². The number of esters is 3. The van der Waals surface area contributed by atoms with Crippen molar-refractivity contribution in [3.8, 4) is 0 Å². The van der Waals surface area contributed by atoms with Gasteiger partial charge < -0.3 is 24.2 Å². The first-order chi connectivity index (χ1) is 40.2. The number of hydrogen-bond donors (Lipinski definition) is 2. The Kier molecular flexibility index (Phi) is 60.6. The first-order valence-electron chi connectivity index (χ1n) is 33.1. The summed E-state index contributed by atoms with van der Waals surface area (Å²) in [7, 11) is -4.78. The van der Waals surface area contributed by atoms with Crippen molar-refractivity contribution in [3.05, 3.63) is 97.2 Å². The Labute approximate surface area is 502 Å². The summed E-state index contributed by atoms with van der Waals surface area (Å²) in [5, 5.41) is 9.87. The topological polar surface area (TPSA) is 155 Å². The molecule has 0 rings (SSSR count). The van der Waals surface area contributed by atoms with Crippen molar-refractivity contribution in [2.45, 2.75) is 303 Å². The molecular formula is C70H121O11P. The van der Waals surface area contributed by atoms with Gasteiger partial charge in [-0.05, 0) is 109 Å². The number of hydrogen-bond acceptors (Lipinski definition) is 10. The molecule has 0 saturated heterocycles. The van der Waals surface area contributed by atoms with E-state index in [2.05, 4.69) is 106 Å². The Bertz CT molecular complexity index is 1750. The lowest BCUT2D eigenvalue weighted by Gasteiger charge is -2.21. The van der Waals surface area contributed by atoms with E-state index in [-0.39, 0.29) is 25.9 Å². The van der Waals surface area contributed by atoms with Crippen LogP contribution in [0.4, 0.5) is 0 Å². The predicted octanol–water partition coefficient (Wildman–Crippen LogP) is 20.4. The number of phosphoric ester groups is 1. The number of ether oxygens (including phenoxy) is 3. The second kappa shape index (κ2) is 63.4. The Morgan fingerprint density at radius 1 is 0.354 bits per heavy atom. The highest BCUT2D eigenvalue weighted by molar-refractivity contribution is 7.47. The van der Waals surface area contributed by atoms with Gasteiger partial charge in [0.05, 0.1) is 19.8 Å². The van der Waals surface area contributed by atoms with Gasteiger partial charge in [-0.25, -0.2) is 4.57 Å². The molecule has 0 fully saturated rings. The van der Waals surface area contributed by atoms with E-state index >= 15 is 0 Å². The van der Waals surface area contributed by atoms with Gasteiger partial charge in [0, 0.05) is 19.3 Å². The first kappa shape index (κ1) is 78.4. The van der Waals surface area contributed by atoms with Crippen molar-refractivity contribution in [1.82, 2.24) is 0 Å². The summed E-state index contributed by atoms with van der Waals surface area (Å²) < 4.78 is 39.6. The molecule has 0 bridgehead atoms. The summed E-state index contributed by atoms with van der Waals surface area (Å²) in [5.41, 5.74) is 0. The normalized spacial score (nSPS) is 13.9. The molecule has 0 aromatic carbocycles. The number of carbonyl (C=O) groups excluding carboxylic acids is 3. The van der Waals surface area contributed by atoms with Crippen LogP contribution in [0.25, 0.3) is 0 Å². The van der Waals surface area contributed by atoms with Gasteiger partial charge in [0.25, 0.3) is 0 Å². The number of phosphoric acid groups is 1. The molecule has 0 spiro atoms. The Balaban J connectivity index is 4.77. The lowest BCUT2D eigenvalue weighted by molar-refractivity contribution is -0.161. The highest BCUT2D eigenvalue weighted by Gasteiger charge is 2.28. The van der Waals surface area contributed by atoms with Crippen LogP contribution in [0.15, 0.2) is 97.2 Å². The van der Waals surface area contributed by atoms with Crippen LogP contribution in [0.1, 0.15) is 290 Å². The summed E-state index contributed by atoms with van der Waals surface area (Å²) in [6.45, 7) is 4.47. The Hall–Kier alpha value is -3.60. The molecular weight excluding hydrogens is 1050 g/mol. The highest BCUT2D eigenvalue weighted by atomic mass is 31.2. The molecule has 3 atom stereocenters.